The molecule has 0 aliphatic carbocycles. The van der Waals surface area contributed by atoms with Crippen molar-refractivity contribution >= 4 is 71.3 Å². The third kappa shape index (κ3) is 3.89. The van der Waals surface area contributed by atoms with E-state index in [1.54, 1.807) is 0 Å². The zero-order valence-electron chi connectivity index (χ0n) is 23.9. The molecular weight excluding hydrogens is 534 g/mol. The van der Waals surface area contributed by atoms with Gasteiger partial charge in [0.1, 0.15) is 11.2 Å². The monoisotopic (exact) mass is 561 g/mol. The molecule has 9 aromatic rings. The normalized spacial score (nSPS) is 11.6. The molecule has 0 atom stereocenters. The zero-order chi connectivity index (χ0) is 29.0. The van der Waals surface area contributed by atoms with E-state index in [1.807, 2.05) is 12.1 Å². The van der Waals surface area contributed by atoms with Crippen molar-refractivity contribution in [2.24, 2.45) is 0 Å². The van der Waals surface area contributed by atoms with Crippen LogP contribution in [0.25, 0.3) is 65.4 Å². The predicted molar refractivity (Wildman–Crippen MR) is 186 cm³/mol. The van der Waals surface area contributed by atoms with Crippen LogP contribution in [0.15, 0.2) is 168 Å². The Kier molecular flexibility index (Phi) is 5.54. The van der Waals surface area contributed by atoms with Crippen LogP contribution >= 0.6 is 0 Å². The van der Waals surface area contributed by atoms with Gasteiger partial charge in [-0.2, -0.15) is 0 Å². The standard InChI is InChI=1S/C42H27NO/c1-2-11-32-27-34(26-21-28(32)9-1)43(39-17-7-12-31-20-19-29-10-3-4-13-35(29)41(31)39)33-24-22-30(23-25-33)36-15-8-16-38-37-14-5-6-18-40(37)44-42(36)38/h1-27H. The minimum Gasteiger partial charge on any atom is -0.455 e. The first-order chi connectivity index (χ1) is 21.8. The summed E-state index contributed by atoms with van der Waals surface area (Å²) in [5, 5.41) is 9.69. The fourth-order valence-corrected chi connectivity index (χ4v) is 6.73. The minimum absolute atomic E-state index is 0.914. The van der Waals surface area contributed by atoms with Crippen molar-refractivity contribution in [1.29, 1.82) is 0 Å². The van der Waals surface area contributed by atoms with Crippen LogP contribution < -0.4 is 4.90 Å². The van der Waals surface area contributed by atoms with E-state index < -0.39 is 0 Å². The number of benzene rings is 8. The lowest BCUT2D eigenvalue weighted by Crippen LogP contribution is -2.10. The molecule has 0 spiro atoms. The first-order valence-corrected chi connectivity index (χ1v) is 15.0. The summed E-state index contributed by atoms with van der Waals surface area (Å²) >= 11 is 0. The van der Waals surface area contributed by atoms with Crippen molar-refractivity contribution in [3.05, 3.63) is 164 Å². The third-order valence-corrected chi connectivity index (χ3v) is 8.82. The van der Waals surface area contributed by atoms with E-state index in [0.29, 0.717) is 0 Å². The van der Waals surface area contributed by atoms with Gasteiger partial charge in [-0.25, -0.2) is 0 Å². The van der Waals surface area contributed by atoms with Crippen LogP contribution in [-0.4, -0.2) is 0 Å². The summed E-state index contributed by atoms with van der Waals surface area (Å²) < 4.78 is 6.37. The molecule has 2 heteroatoms. The topological polar surface area (TPSA) is 16.4 Å². The average molecular weight is 562 g/mol. The van der Waals surface area contributed by atoms with Crippen LogP contribution in [0.2, 0.25) is 0 Å². The van der Waals surface area contributed by atoms with Crippen molar-refractivity contribution in [3.8, 4) is 11.1 Å². The Morgan fingerprint density at radius 2 is 1.05 bits per heavy atom. The number of fused-ring (bicyclic) bond motifs is 7. The van der Waals surface area contributed by atoms with Gasteiger partial charge < -0.3 is 9.32 Å². The van der Waals surface area contributed by atoms with Crippen LogP contribution in [-0.2, 0) is 0 Å². The molecule has 44 heavy (non-hydrogen) atoms. The molecule has 0 saturated carbocycles. The second-order valence-electron chi connectivity index (χ2n) is 11.4. The van der Waals surface area contributed by atoms with E-state index in [1.165, 1.54) is 32.3 Å². The van der Waals surface area contributed by atoms with Crippen LogP contribution in [0, 0.1) is 0 Å². The lowest BCUT2D eigenvalue weighted by Gasteiger charge is -2.28. The number of anilines is 3. The maximum absolute atomic E-state index is 6.37. The Morgan fingerprint density at radius 1 is 0.409 bits per heavy atom. The van der Waals surface area contributed by atoms with E-state index in [9.17, 15) is 0 Å². The molecular formula is C42H27NO. The average Bonchev–Trinajstić information content (AvgIpc) is 3.48. The molecule has 0 aliphatic heterocycles. The van der Waals surface area contributed by atoms with Gasteiger partial charge >= 0.3 is 0 Å². The van der Waals surface area contributed by atoms with Gasteiger partial charge in [-0.05, 0) is 68.9 Å². The van der Waals surface area contributed by atoms with Gasteiger partial charge in [-0.3, -0.25) is 0 Å². The Morgan fingerprint density at radius 3 is 1.93 bits per heavy atom. The molecule has 1 heterocycles. The summed E-state index contributed by atoms with van der Waals surface area (Å²) in [6, 6.07) is 58.6. The Balaban J connectivity index is 1.26. The fraction of sp³-hybridized carbons (Fsp3) is 0. The largest absolute Gasteiger partial charge is 0.455 e. The van der Waals surface area contributed by atoms with Crippen LogP contribution in [0.1, 0.15) is 0 Å². The van der Waals surface area contributed by atoms with Gasteiger partial charge in [-0.15, -0.1) is 0 Å². The minimum atomic E-state index is 0.914. The molecule has 0 amide bonds. The summed E-state index contributed by atoms with van der Waals surface area (Å²) in [6.45, 7) is 0. The molecule has 0 saturated heterocycles. The highest BCUT2D eigenvalue weighted by atomic mass is 16.3. The maximum Gasteiger partial charge on any atom is 0.143 e. The SMILES string of the molecule is c1ccc2cc(N(c3ccc(-c4cccc5c4oc4ccccc45)cc3)c3cccc4ccc5ccccc5c34)ccc2c1. The number of nitrogens with zero attached hydrogens (tertiary/aromatic N) is 1. The van der Waals surface area contributed by atoms with Gasteiger partial charge in [-0.1, -0.05) is 127 Å². The first kappa shape index (κ1) is 24.7. The van der Waals surface area contributed by atoms with E-state index in [2.05, 4.69) is 157 Å². The zero-order valence-corrected chi connectivity index (χ0v) is 23.9. The molecule has 2 nitrogen and oxygen atoms in total. The quantitative estimate of drug-likeness (QED) is 0.199. The molecule has 1 aromatic heterocycles. The molecule has 0 radical (unpaired) electrons. The highest BCUT2D eigenvalue weighted by Gasteiger charge is 2.18. The highest BCUT2D eigenvalue weighted by Crippen LogP contribution is 2.43. The lowest BCUT2D eigenvalue weighted by molar-refractivity contribution is 0.670. The summed E-state index contributed by atoms with van der Waals surface area (Å²) in [7, 11) is 0. The predicted octanol–water partition coefficient (Wildman–Crippen LogP) is 12.2. The maximum atomic E-state index is 6.37. The molecule has 0 unspecified atom stereocenters. The molecule has 0 aliphatic rings. The van der Waals surface area contributed by atoms with Gasteiger partial charge in [0.2, 0.25) is 0 Å². The molecule has 8 aromatic carbocycles. The van der Waals surface area contributed by atoms with Crippen molar-refractivity contribution in [3.63, 3.8) is 0 Å². The Bertz CT molecular complexity index is 2500. The highest BCUT2D eigenvalue weighted by molar-refractivity contribution is 6.15. The first-order valence-electron chi connectivity index (χ1n) is 15.0. The van der Waals surface area contributed by atoms with Gasteiger partial charge in [0.15, 0.2) is 0 Å². The summed E-state index contributed by atoms with van der Waals surface area (Å²) in [6.07, 6.45) is 0. The number of hydrogen-bond acceptors (Lipinski definition) is 2. The smallest absolute Gasteiger partial charge is 0.143 e. The van der Waals surface area contributed by atoms with Crippen molar-refractivity contribution < 1.29 is 4.42 Å². The second kappa shape index (κ2) is 9.86. The molecule has 0 N–H and O–H groups in total. The van der Waals surface area contributed by atoms with Crippen molar-refractivity contribution in [1.82, 2.24) is 0 Å². The summed E-state index contributed by atoms with van der Waals surface area (Å²) in [5.41, 5.74) is 7.43. The summed E-state index contributed by atoms with van der Waals surface area (Å²) in [5.74, 6) is 0. The number of hydrogen-bond donors (Lipinski definition) is 0. The molecule has 9 rings (SSSR count). The van der Waals surface area contributed by atoms with Gasteiger partial charge in [0.25, 0.3) is 0 Å². The molecule has 0 bridgehead atoms. The van der Waals surface area contributed by atoms with Crippen LogP contribution in [0.3, 0.4) is 0 Å². The van der Waals surface area contributed by atoms with Crippen LogP contribution in [0.5, 0.6) is 0 Å². The van der Waals surface area contributed by atoms with E-state index in [4.69, 9.17) is 4.42 Å². The van der Waals surface area contributed by atoms with Crippen molar-refractivity contribution in [2.45, 2.75) is 0 Å². The van der Waals surface area contributed by atoms with E-state index >= 15 is 0 Å². The van der Waals surface area contributed by atoms with Gasteiger partial charge in [0, 0.05) is 33.1 Å². The molecule has 206 valence electrons. The lowest BCUT2D eigenvalue weighted by atomic mass is 9.98. The Labute approximate surface area is 255 Å². The van der Waals surface area contributed by atoms with Gasteiger partial charge in [0.05, 0.1) is 5.69 Å². The van der Waals surface area contributed by atoms with Crippen molar-refractivity contribution in [2.75, 3.05) is 4.90 Å². The second-order valence-corrected chi connectivity index (χ2v) is 11.4. The summed E-state index contributed by atoms with van der Waals surface area (Å²) in [4.78, 5) is 2.40. The van der Waals surface area contributed by atoms with Crippen LogP contribution in [0.4, 0.5) is 17.1 Å². The van der Waals surface area contributed by atoms with E-state index in [0.717, 1.165) is 50.1 Å². The fourth-order valence-electron chi connectivity index (χ4n) is 6.73. The Hall–Kier alpha value is -5.86. The van der Waals surface area contributed by atoms with E-state index in [-0.39, 0.29) is 0 Å². The number of para-hydroxylation sites is 2. The molecule has 0 fully saturated rings. The number of furan rings is 1. The number of rotatable bonds is 4. The third-order valence-electron chi connectivity index (χ3n) is 8.82.